The molecule has 2 rings (SSSR count). The fraction of sp³-hybridized carbons (Fsp3) is 0.455. The van der Waals surface area contributed by atoms with Gasteiger partial charge in [-0.05, 0) is 34.3 Å². The Hall–Kier alpha value is -0.410. The van der Waals surface area contributed by atoms with Crippen LogP contribution in [0.3, 0.4) is 0 Å². The molecule has 1 aliphatic carbocycles. The predicted molar refractivity (Wildman–Crippen MR) is 56.4 cm³/mol. The molecule has 1 fully saturated rings. The number of hydrogen-bond donors (Lipinski definition) is 1. The Morgan fingerprint density at radius 2 is 2.36 bits per heavy atom. The Labute approximate surface area is 91.1 Å². The minimum Gasteiger partial charge on any atom is -0.385 e. The summed E-state index contributed by atoms with van der Waals surface area (Å²) in [5, 5.41) is 10.2. The second kappa shape index (κ2) is 3.31. The molecule has 1 nitrogen and oxygen atoms in total. The van der Waals surface area contributed by atoms with Gasteiger partial charge in [0.1, 0.15) is 5.82 Å². The summed E-state index contributed by atoms with van der Waals surface area (Å²) in [5.41, 5.74) is -0.111. The molecule has 3 heteroatoms. The van der Waals surface area contributed by atoms with Crippen molar-refractivity contribution in [2.24, 2.45) is 5.92 Å². The lowest BCUT2D eigenvalue weighted by atomic mass is 10.0. The summed E-state index contributed by atoms with van der Waals surface area (Å²) in [6.45, 7) is 2.04. The monoisotopic (exact) mass is 258 g/mol. The highest BCUT2D eigenvalue weighted by molar-refractivity contribution is 9.10. The highest BCUT2D eigenvalue weighted by atomic mass is 79.9. The number of benzene rings is 1. The molecule has 0 spiro atoms. The van der Waals surface area contributed by atoms with Gasteiger partial charge in [0.2, 0.25) is 0 Å². The normalized spacial score (nSPS) is 30.4. The molecule has 1 aromatic carbocycles. The molecule has 1 aromatic rings. The molecule has 76 valence electrons. The molecule has 1 N–H and O–H groups in total. The third-order valence-corrected chi connectivity index (χ3v) is 3.79. The summed E-state index contributed by atoms with van der Waals surface area (Å²) in [5.74, 6) is -0.0294. The summed E-state index contributed by atoms with van der Waals surface area (Å²) in [4.78, 5) is 0. The van der Waals surface area contributed by atoms with Crippen LogP contribution in [0.25, 0.3) is 0 Å². The molecule has 14 heavy (non-hydrogen) atoms. The van der Waals surface area contributed by atoms with Gasteiger partial charge in [-0.25, -0.2) is 4.39 Å². The third-order valence-electron chi connectivity index (χ3n) is 2.98. The summed E-state index contributed by atoms with van der Waals surface area (Å²) < 4.78 is 13.6. The zero-order valence-corrected chi connectivity index (χ0v) is 9.51. The number of halogens is 2. The molecule has 0 saturated heterocycles. The fourth-order valence-electron chi connectivity index (χ4n) is 1.97. The molecular weight excluding hydrogens is 247 g/mol. The topological polar surface area (TPSA) is 20.2 Å². The van der Waals surface area contributed by atoms with E-state index in [1.54, 1.807) is 12.1 Å². The van der Waals surface area contributed by atoms with E-state index in [9.17, 15) is 9.50 Å². The van der Waals surface area contributed by atoms with Gasteiger partial charge in [-0.1, -0.05) is 25.5 Å². The minimum absolute atomic E-state index is 0.278. The standard InChI is InChI=1S/C11H12BrFO/c1-2-7-6-11(7,14)8-4-3-5-9(13)10(8)12/h3-5,7,14H,2,6H2,1H3. The Balaban J connectivity index is 2.39. The first-order chi connectivity index (χ1) is 6.59. The third kappa shape index (κ3) is 1.39. The van der Waals surface area contributed by atoms with Crippen molar-refractivity contribution in [2.45, 2.75) is 25.4 Å². The Bertz CT molecular complexity index is 366. The van der Waals surface area contributed by atoms with E-state index in [1.807, 2.05) is 6.92 Å². The lowest BCUT2D eigenvalue weighted by molar-refractivity contribution is 0.129. The number of rotatable bonds is 2. The molecule has 0 amide bonds. The van der Waals surface area contributed by atoms with E-state index in [2.05, 4.69) is 15.9 Å². The van der Waals surface area contributed by atoms with Crippen LogP contribution in [-0.2, 0) is 5.60 Å². The Morgan fingerprint density at radius 3 is 2.93 bits per heavy atom. The van der Waals surface area contributed by atoms with E-state index in [-0.39, 0.29) is 11.7 Å². The van der Waals surface area contributed by atoms with Crippen molar-refractivity contribution in [3.63, 3.8) is 0 Å². The molecule has 1 aliphatic rings. The molecule has 0 aromatic heterocycles. The molecule has 1 saturated carbocycles. The van der Waals surface area contributed by atoms with Crippen molar-refractivity contribution in [3.8, 4) is 0 Å². The first-order valence-electron chi connectivity index (χ1n) is 4.76. The van der Waals surface area contributed by atoms with E-state index in [0.29, 0.717) is 10.0 Å². The van der Waals surface area contributed by atoms with Crippen molar-refractivity contribution in [1.82, 2.24) is 0 Å². The average molecular weight is 259 g/mol. The van der Waals surface area contributed by atoms with Gasteiger partial charge in [0.25, 0.3) is 0 Å². The SMILES string of the molecule is CCC1CC1(O)c1cccc(F)c1Br. The first kappa shape index (κ1) is 10.1. The van der Waals surface area contributed by atoms with Crippen LogP contribution in [0.2, 0.25) is 0 Å². The van der Waals surface area contributed by atoms with Crippen LogP contribution in [0.4, 0.5) is 4.39 Å². The largest absolute Gasteiger partial charge is 0.385 e. The maximum absolute atomic E-state index is 13.2. The lowest BCUT2D eigenvalue weighted by Gasteiger charge is -2.12. The van der Waals surface area contributed by atoms with E-state index in [1.165, 1.54) is 6.07 Å². The molecular formula is C11H12BrFO. The Morgan fingerprint density at radius 1 is 1.64 bits per heavy atom. The van der Waals surface area contributed by atoms with Crippen molar-refractivity contribution in [3.05, 3.63) is 34.1 Å². The van der Waals surface area contributed by atoms with Gasteiger partial charge in [0.15, 0.2) is 0 Å². The molecule has 2 unspecified atom stereocenters. The van der Waals surface area contributed by atoms with E-state index in [0.717, 1.165) is 12.8 Å². The summed E-state index contributed by atoms with van der Waals surface area (Å²) >= 11 is 3.18. The minimum atomic E-state index is -0.796. The van der Waals surface area contributed by atoms with Gasteiger partial charge in [-0.3, -0.25) is 0 Å². The van der Waals surface area contributed by atoms with Crippen LogP contribution in [0.15, 0.2) is 22.7 Å². The summed E-state index contributed by atoms with van der Waals surface area (Å²) in [6.07, 6.45) is 1.67. The van der Waals surface area contributed by atoms with Gasteiger partial charge in [-0.2, -0.15) is 0 Å². The van der Waals surface area contributed by atoms with Gasteiger partial charge in [-0.15, -0.1) is 0 Å². The molecule has 0 heterocycles. The van der Waals surface area contributed by atoms with Crippen LogP contribution >= 0.6 is 15.9 Å². The first-order valence-corrected chi connectivity index (χ1v) is 5.55. The van der Waals surface area contributed by atoms with Gasteiger partial charge in [0, 0.05) is 5.56 Å². The molecule has 0 bridgehead atoms. The number of hydrogen-bond acceptors (Lipinski definition) is 1. The lowest BCUT2D eigenvalue weighted by Crippen LogP contribution is -2.10. The van der Waals surface area contributed by atoms with Gasteiger partial charge in [0.05, 0.1) is 10.1 Å². The molecule has 0 aliphatic heterocycles. The van der Waals surface area contributed by atoms with Crippen LogP contribution in [0, 0.1) is 11.7 Å². The molecule has 0 radical (unpaired) electrons. The zero-order chi connectivity index (χ0) is 10.3. The average Bonchev–Trinajstić information content (AvgIpc) is 2.83. The van der Waals surface area contributed by atoms with Crippen LogP contribution < -0.4 is 0 Å². The van der Waals surface area contributed by atoms with Crippen LogP contribution in [-0.4, -0.2) is 5.11 Å². The Kier molecular flexibility index (Phi) is 2.40. The van der Waals surface area contributed by atoms with Crippen molar-refractivity contribution >= 4 is 15.9 Å². The smallest absolute Gasteiger partial charge is 0.137 e. The zero-order valence-electron chi connectivity index (χ0n) is 7.93. The summed E-state index contributed by atoms with van der Waals surface area (Å²) in [6, 6.07) is 4.81. The van der Waals surface area contributed by atoms with Crippen molar-refractivity contribution < 1.29 is 9.50 Å². The van der Waals surface area contributed by atoms with Gasteiger partial charge < -0.3 is 5.11 Å². The van der Waals surface area contributed by atoms with Gasteiger partial charge >= 0.3 is 0 Å². The fourth-order valence-corrected chi connectivity index (χ4v) is 2.57. The highest BCUT2D eigenvalue weighted by Gasteiger charge is 2.53. The second-order valence-electron chi connectivity index (χ2n) is 3.83. The predicted octanol–water partition coefficient (Wildman–Crippen LogP) is 3.21. The number of aliphatic hydroxyl groups is 1. The quantitative estimate of drug-likeness (QED) is 0.864. The van der Waals surface area contributed by atoms with Crippen LogP contribution in [0.5, 0.6) is 0 Å². The summed E-state index contributed by atoms with van der Waals surface area (Å²) in [7, 11) is 0. The second-order valence-corrected chi connectivity index (χ2v) is 4.63. The van der Waals surface area contributed by atoms with Crippen LogP contribution in [0.1, 0.15) is 25.3 Å². The van der Waals surface area contributed by atoms with E-state index < -0.39 is 5.60 Å². The van der Waals surface area contributed by atoms with Crippen molar-refractivity contribution in [1.29, 1.82) is 0 Å². The maximum Gasteiger partial charge on any atom is 0.137 e. The molecule has 2 atom stereocenters. The highest BCUT2D eigenvalue weighted by Crippen LogP contribution is 2.55. The maximum atomic E-state index is 13.2. The van der Waals surface area contributed by atoms with E-state index >= 15 is 0 Å². The van der Waals surface area contributed by atoms with Crippen molar-refractivity contribution in [2.75, 3.05) is 0 Å². The van der Waals surface area contributed by atoms with E-state index in [4.69, 9.17) is 0 Å².